The van der Waals surface area contributed by atoms with Crippen LogP contribution in [0.15, 0.2) is 0 Å². The van der Waals surface area contributed by atoms with E-state index in [0.29, 0.717) is 30.3 Å². The van der Waals surface area contributed by atoms with E-state index in [0.717, 1.165) is 13.1 Å². The number of amides is 1. The van der Waals surface area contributed by atoms with E-state index in [1.807, 2.05) is 0 Å². The number of hydrogen-bond acceptors (Lipinski definition) is 4. The molecule has 5 heteroatoms. The first-order valence-electron chi connectivity index (χ1n) is 8.05. The van der Waals surface area contributed by atoms with Crippen molar-refractivity contribution < 1.29 is 9.53 Å². The summed E-state index contributed by atoms with van der Waals surface area (Å²) in [5.74, 6) is 0.745. The second-order valence-corrected chi connectivity index (χ2v) is 7.03. The highest BCUT2D eigenvalue weighted by Crippen LogP contribution is 2.20. The van der Waals surface area contributed by atoms with Gasteiger partial charge in [0.2, 0.25) is 5.91 Å². The Labute approximate surface area is 126 Å². The molecule has 1 aliphatic heterocycles. The van der Waals surface area contributed by atoms with Gasteiger partial charge in [0.15, 0.2) is 0 Å². The van der Waals surface area contributed by atoms with E-state index >= 15 is 0 Å². The molecule has 2 fully saturated rings. The van der Waals surface area contributed by atoms with Crippen molar-refractivity contribution in [2.45, 2.75) is 56.3 Å². The van der Waals surface area contributed by atoms with E-state index in [4.69, 9.17) is 4.74 Å². The Kier molecular flexibility index (Phi) is 7.76. The van der Waals surface area contributed by atoms with Gasteiger partial charge < -0.3 is 15.4 Å². The number of rotatable bonds is 7. The number of carbonyl (C=O) groups excluding carboxylic acids is 1. The van der Waals surface area contributed by atoms with Gasteiger partial charge in [-0.3, -0.25) is 4.79 Å². The molecule has 0 aromatic heterocycles. The highest BCUT2D eigenvalue weighted by molar-refractivity contribution is 8.00. The van der Waals surface area contributed by atoms with Crippen molar-refractivity contribution in [2.75, 3.05) is 32.0 Å². The third kappa shape index (κ3) is 6.46. The minimum Gasteiger partial charge on any atom is -0.376 e. The summed E-state index contributed by atoms with van der Waals surface area (Å²) >= 11 is 1.80. The zero-order valence-corrected chi connectivity index (χ0v) is 13.2. The van der Waals surface area contributed by atoms with Crippen LogP contribution < -0.4 is 10.6 Å². The van der Waals surface area contributed by atoms with Crippen molar-refractivity contribution in [1.82, 2.24) is 10.6 Å². The quantitative estimate of drug-likeness (QED) is 0.706. The fourth-order valence-electron chi connectivity index (χ4n) is 2.85. The topological polar surface area (TPSA) is 50.4 Å². The monoisotopic (exact) mass is 300 g/mol. The maximum absolute atomic E-state index is 11.7. The molecule has 0 atom stereocenters. The molecular weight excluding hydrogens is 272 g/mol. The summed E-state index contributed by atoms with van der Waals surface area (Å²) in [6.45, 7) is 3.50. The van der Waals surface area contributed by atoms with E-state index in [-0.39, 0.29) is 5.91 Å². The molecule has 116 valence electrons. The van der Waals surface area contributed by atoms with Gasteiger partial charge in [-0.15, -0.1) is 11.8 Å². The lowest BCUT2D eigenvalue weighted by atomic mass is 9.98. The van der Waals surface area contributed by atoms with Crippen LogP contribution in [0, 0.1) is 0 Å². The van der Waals surface area contributed by atoms with Gasteiger partial charge in [0, 0.05) is 11.8 Å². The molecule has 1 heterocycles. The van der Waals surface area contributed by atoms with Gasteiger partial charge in [-0.05, 0) is 38.8 Å². The predicted octanol–water partition coefficient (Wildman–Crippen LogP) is 1.94. The predicted molar refractivity (Wildman–Crippen MR) is 84.2 cm³/mol. The smallest absolute Gasteiger partial charge is 0.230 e. The molecule has 2 aliphatic rings. The minimum atomic E-state index is 0.153. The molecule has 1 aliphatic carbocycles. The van der Waals surface area contributed by atoms with E-state index in [2.05, 4.69) is 10.6 Å². The molecular formula is C15H28N2O2S. The standard InChI is InChI=1S/C15H28N2O2S/c18-15(12-20-14-6-8-16-9-7-14)17-10-11-19-13-4-2-1-3-5-13/h13-14,16H,1-12H2,(H,17,18). The van der Waals surface area contributed by atoms with Crippen LogP contribution in [-0.2, 0) is 9.53 Å². The normalized spacial score (nSPS) is 21.8. The molecule has 0 aromatic rings. The largest absolute Gasteiger partial charge is 0.376 e. The highest BCUT2D eigenvalue weighted by atomic mass is 32.2. The van der Waals surface area contributed by atoms with Crippen LogP contribution in [0.25, 0.3) is 0 Å². The maximum atomic E-state index is 11.7. The van der Waals surface area contributed by atoms with Crippen molar-refractivity contribution in [1.29, 1.82) is 0 Å². The van der Waals surface area contributed by atoms with Crippen LogP contribution in [0.4, 0.5) is 0 Å². The molecule has 1 saturated heterocycles. The molecule has 0 unspecified atom stereocenters. The zero-order valence-electron chi connectivity index (χ0n) is 12.4. The second kappa shape index (κ2) is 9.64. The first-order valence-corrected chi connectivity index (χ1v) is 9.10. The molecule has 20 heavy (non-hydrogen) atoms. The summed E-state index contributed by atoms with van der Waals surface area (Å²) in [5.41, 5.74) is 0. The number of thioether (sulfide) groups is 1. The summed E-state index contributed by atoms with van der Waals surface area (Å²) in [7, 11) is 0. The lowest BCUT2D eigenvalue weighted by molar-refractivity contribution is -0.118. The molecule has 0 spiro atoms. The van der Waals surface area contributed by atoms with Crippen LogP contribution in [0.2, 0.25) is 0 Å². The van der Waals surface area contributed by atoms with Gasteiger partial charge in [-0.25, -0.2) is 0 Å². The van der Waals surface area contributed by atoms with Crippen LogP contribution in [0.3, 0.4) is 0 Å². The highest BCUT2D eigenvalue weighted by Gasteiger charge is 2.15. The van der Waals surface area contributed by atoms with Gasteiger partial charge in [-0.1, -0.05) is 19.3 Å². The Balaban J connectivity index is 1.45. The van der Waals surface area contributed by atoms with Crippen LogP contribution >= 0.6 is 11.8 Å². The van der Waals surface area contributed by atoms with E-state index < -0.39 is 0 Å². The third-order valence-corrected chi connectivity index (χ3v) is 5.44. The van der Waals surface area contributed by atoms with E-state index in [9.17, 15) is 4.79 Å². The second-order valence-electron chi connectivity index (χ2n) is 5.74. The number of hydrogen-bond donors (Lipinski definition) is 2. The summed E-state index contributed by atoms with van der Waals surface area (Å²) in [4.78, 5) is 11.7. The molecule has 1 amide bonds. The molecule has 0 radical (unpaired) electrons. The van der Waals surface area contributed by atoms with Crippen LogP contribution in [0.1, 0.15) is 44.9 Å². The van der Waals surface area contributed by atoms with Gasteiger partial charge in [0.1, 0.15) is 0 Å². The average molecular weight is 300 g/mol. The van der Waals surface area contributed by atoms with Crippen molar-refractivity contribution >= 4 is 17.7 Å². The molecule has 2 N–H and O–H groups in total. The van der Waals surface area contributed by atoms with Crippen LogP contribution in [0.5, 0.6) is 0 Å². The Morgan fingerprint density at radius 1 is 1.15 bits per heavy atom. The number of carbonyl (C=O) groups is 1. The van der Waals surface area contributed by atoms with Crippen molar-refractivity contribution in [3.8, 4) is 0 Å². The lowest BCUT2D eigenvalue weighted by Gasteiger charge is -2.22. The molecule has 2 rings (SSSR count). The maximum Gasteiger partial charge on any atom is 0.230 e. The molecule has 1 saturated carbocycles. The van der Waals surface area contributed by atoms with Crippen molar-refractivity contribution in [3.05, 3.63) is 0 Å². The van der Waals surface area contributed by atoms with Crippen molar-refractivity contribution in [3.63, 3.8) is 0 Å². The van der Waals surface area contributed by atoms with Crippen LogP contribution in [-0.4, -0.2) is 49.3 Å². The fraction of sp³-hybridized carbons (Fsp3) is 0.933. The van der Waals surface area contributed by atoms with E-state index in [1.54, 1.807) is 11.8 Å². The molecule has 4 nitrogen and oxygen atoms in total. The van der Waals surface area contributed by atoms with Gasteiger partial charge in [0.05, 0.1) is 18.5 Å². The summed E-state index contributed by atoms with van der Waals surface area (Å²) in [5, 5.41) is 6.96. The Morgan fingerprint density at radius 2 is 1.90 bits per heavy atom. The number of ether oxygens (including phenoxy) is 1. The zero-order chi connectivity index (χ0) is 14.0. The molecule has 0 bridgehead atoms. The van der Waals surface area contributed by atoms with E-state index in [1.165, 1.54) is 44.9 Å². The van der Waals surface area contributed by atoms with Crippen molar-refractivity contribution in [2.24, 2.45) is 0 Å². The Bertz CT molecular complexity index is 277. The van der Waals surface area contributed by atoms with Gasteiger partial charge in [-0.2, -0.15) is 0 Å². The first kappa shape index (κ1) is 16.1. The SMILES string of the molecule is O=C(CSC1CCNCC1)NCCOC1CCCCC1. The minimum absolute atomic E-state index is 0.153. The Hall–Kier alpha value is -0.260. The van der Waals surface area contributed by atoms with Gasteiger partial charge >= 0.3 is 0 Å². The lowest BCUT2D eigenvalue weighted by Crippen LogP contribution is -2.33. The van der Waals surface area contributed by atoms with Gasteiger partial charge in [0.25, 0.3) is 0 Å². The first-order chi connectivity index (χ1) is 9.84. The summed E-state index contributed by atoms with van der Waals surface area (Å²) < 4.78 is 5.80. The summed E-state index contributed by atoms with van der Waals surface area (Å²) in [6.07, 6.45) is 9.13. The Morgan fingerprint density at radius 3 is 2.65 bits per heavy atom. The average Bonchev–Trinajstić information content (AvgIpc) is 2.52. The third-order valence-electron chi connectivity index (χ3n) is 4.07. The summed E-state index contributed by atoms with van der Waals surface area (Å²) in [6, 6.07) is 0. The number of nitrogens with one attached hydrogen (secondary N) is 2. The number of piperidine rings is 1. The molecule has 0 aromatic carbocycles. The fourth-order valence-corrected chi connectivity index (χ4v) is 3.91.